The van der Waals surface area contributed by atoms with Gasteiger partial charge in [-0.15, -0.1) is 0 Å². The van der Waals surface area contributed by atoms with Gasteiger partial charge in [-0.3, -0.25) is 9.10 Å². The quantitative estimate of drug-likeness (QED) is 0.746. The highest BCUT2D eigenvalue weighted by molar-refractivity contribution is 7.92. The zero-order chi connectivity index (χ0) is 21.8. The van der Waals surface area contributed by atoms with Crippen molar-refractivity contribution < 1.29 is 13.2 Å². The molecule has 0 heterocycles. The summed E-state index contributed by atoms with van der Waals surface area (Å²) in [4.78, 5) is 13.5. The summed E-state index contributed by atoms with van der Waals surface area (Å²) in [5, 5.41) is 3.39. The first kappa shape index (κ1) is 20.6. The lowest BCUT2D eigenvalue weighted by Crippen LogP contribution is -2.59. The minimum Gasteiger partial charge on any atom is -0.347 e. The summed E-state index contributed by atoms with van der Waals surface area (Å²) in [6.45, 7) is 1.87. The number of hydrogen-bond donors (Lipinski definition) is 1. The van der Waals surface area contributed by atoms with E-state index < -0.39 is 10.0 Å². The molecule has 0 unspecified atom stereocenters. The molecule has 0 spiro atoms. The average molecular weight is 439 g/mol. The smallest absolute Gasteiger partial charge is 0.264 e. The van der Waals surface area contributed by atoms with Gasteiger partial charge < -0.3 is 5.32 Å². The van der Waals surface area contributed by atoms with Crippen molar-refractivity contribution in [3.05, 3.63) is 59.7 Å². The standard InChI is InChI=1S/C25H30N2O3S/c1-17-8-9-21(13-23(17)27(2)31(29,30)22-6-4-3-5-7-22)24(28)26-25-14-18-10-19(15-25)12-20(11-18)16-25/h3-9,13,18-20H,10-12,14-16H2,1-2H3,(H,26,28). The largest absolute Gasteiger partial charge is 0.347 e. The molecular weight excluding hydrogens is 408 g/mol. The number of amides is 1. The predicted octanol–water partition coefficient (Wildman–Crippen LogP) is 4.52. The maximum absolute atomic E-state index is 13.3. The van der Waals surface area contributed by atoms with E-state index in [9.17, 15) is 13.2 Å². The molecule has 0 atom stereocenters. The van der Waals surface area contributed by atoms with Gasteiger partial charge in [-0.1, -0.05) is 24.3 Å². The molecule has 0 aromatic heterocycles. The van der Waals surface area contributed by atoms with Gasteiger partial charge in [0, 0.05) is 18.2 Å². The molecule has 0 aliphatic heterocycles. The molecule has 4 aliphatic carbocycles. The molecule has 6 rings (SSSR count). The molecule has 4 saturated carbocycles. The Bertz CT molecular complexity index is 1080. The third-order valence-corrected chi connectivity index (χ3v) is 9.41. The number of nitrogens with zero attached hydrogens (tertiary/aromatic N) is 1. The van der Waals surface area contributed by atoms with Gasteiger partial charge in [0.05, 0.1) is 10.6 Å². The Balaban J connectivity index is 1.40. The van der Waals surface area contributed by atoms with Gasteiger partial charge >= 0.3 is 0 Å². The number of sulfonamides is 1. The van der Waals surface area contributed by atoms with E-state index in [1.165, 1.54) is 23.6 Å². The van der Waals surface area contributed by atoms with E-state index in [2.05, 4.69) is 5.32 Å². The van der Waals surface area contributed by atoms with Crippen LogP contribution in [0.2, 0.25) is 0 Å². The SMILES string of the molecule is Cc1ccc(C(=O)NC23CC4CC(CC(C4)C2)C3)cc1N(C)S(=O)(=O)c1ccccc1. The summed E-state index contributed by atoms with van der Waals surface area (Å²) in [6.07, 6.45) is 7.24. The van der Waals surface area contributed by atoms with Crippen LogP contribution in [0.15, 0.2) is 53.4 Å². The van der Waals surface area contributed by atoms with Crippen LogP contribution in [0.1, 0.15) is 54.4 Å². The number of hydrogen-bond acceptors (Lipinski definition) is 3. The lowest BCUT2D eigenvalue weighted by atomic mass is 9.53. The molecule has 0 saturated heterocycles. The highest BCUT2D eigenvalue weighted by atomic mass is 32.2. The van der Waals surface area contributed by atoms with Gasteiger partial charge in [-0.05, 0) is 93.0 Å². The maximum atomic E-state index is 13.3. The van der Waals surface area contributed by atoms with E-state index in [1.807, 2.05) is 13.0 Å². The lowest BCUT2D eigenvalue weighted by molar-refractivity contribution is -0.0167. The molecule has 4 bridgehead atoms. The van der Waals surface area contributed by atoms with Gasteiger partial charge in [0.15, 0.2) is 0 Å². The second-order valence-corrected chi connectivity index (χ2v) is 11.9. The topological polar surface area (TPSA) is 66.5 Å². The Hall–Kier alpha value is -2.34. The molecule has 4 aliphatic rings. The van der Waals surface area contributed by atoms with Crippen LogP contribution in [0.4, 0.5) is 5.69 Å². The van der Waals surface area contributed by atoms with Crippen molar-refractivity contribution in [2.45, 2.75) is 55.9 Å². The summed E-state index contributed by atoms with van der Waals surface area (Å²) in [7, 11) is -2.15. The maximum Gasteiger partial charge on any atom is 0.264 e. The van der Waals surface area contributed by atoms with Crippen LogP contribution >= 0.6 is 0 Å². The van der Waals surface area contributed by atoms with Crippen molar-refractivity contribution in [2.75, 3.05) is 11.4 Å². The lowest BCUT2D eigenvalue weighted by Gasteiger charge is -2.56. The summed E-state index contributed by atoms with van der Waals surface area (Å²) in [5.41, 5.74) is 1.79. The van der Waals surface area contributed by atoms with E-state index in [1.54, 1.807) is 49.5 Å². The minimum absolute atomic E-state index is 0.0705. The third-order valence-electron chi connectivity index (χ3n) is 7.63. The normalized spacial score (nSPS) is 29.0. The Morgan fingerprint density at radius 2 is 1.55 bits per heavy atom. The Kier molecular flexibility index (Phi) is 4.88. The van der Waals surface area contributed by atoms with Crippen molar-refractivity contribution in [1.29, 1.82) is 0 Å². The fourth-order valence-corrected chi connectivity index (χ4v) is 7.82. The molecule has 1 amide bonds. The summed E-state index contributed by atoms with van der Waals surface area (Å²) >= 11 is 0. The Labute approximate surface area is 184 Å². The van der Waals surface area contributed by atoms with Crippen molar-refractivity contribution in [1.82, 2.24) is 5.32 Å². The van der Waals surface area contributed by atoms with E-state index in [-0.39, 0.29) is 16.3 Å². The zero-order valence-electron chi connectivity index (χ0n) is 18.2. The van der Waals surface area contributed by atoms with Gasteiger partial charge in [-0.2, -0.15) is 0 Å². The van der Waals surface area contributed by atoms with Gasteiger partial charge in [-0.25, -0.2) is 8.42 Å². The second kappa shape index (κ2) is 7.37. The molecule has 4 fully saturated rings. The van der Waals surface area contributed by atoms with Crippen LogP contribution in [0, 0.1) is 24.7 Å². The molecule has 2 aromatic carbocycles. The van der Waals surface area contributed by atoms with Crippen LogP contribution in [0.25, 0.3) is 0 Å². The number of anilines is 1. The summed E-state index contributed by atoms with van der Waals surface area (Å²) in [6, 6.07) is 13.7. The molecule has 31 heavy (non-hydrogen) atoms. The fourth-order valence-electron chi connectivity index (χ4n) is 6.55. The molecule has 5 nitrogen and oxygen atoms in total. The summed E-state index contributed by atoms with van der Waals surface area (Å²) < 4.78 is 27.5. The summed E-state index contributed by atoms with van der Waals surface area (Å²) in [5.74, 6) is 2.17. The average Bonchev–Trinajstić information content (AvgIpc) is 2.73. The van der Waals surface area contributed by atoms with Crippen LogP contribution in [-0.4, -0.2) is 26.9 Å². The number of rotatable bonds is 5. The molecule has 2 aromatic rings. The highest BCUT2D eigenvalue weighted by Crippen LogP contribution is 2.55. The van der Waals surface area contributed by atoms with Crippen LogP contribution in [-0.2, 0) is 10.0 Å². The Morgan fingerprint density at radius 3 is 2.13 bits per heavy atom. The second-order valence-electron chi connectivity index (χ2n) is 9.94. The monoisotopic (exact) mass is 438 g/mol. The molecule has 1 N–H and O–H groups in total. The van der Waals surface area contributed by atoms with E-state index >= 15 is 0 Å². The minimum atomic E-state index is -3.70. The number of carbonyl (C=O) groups is 1. The number of aryl methyl sites for hydroxylation is 1. The molecule has 0 radical (unpaired) electrons. The van der Waals surface area contributed by atoms with E-state index in [4.69, 9.17) is 0 Å². The predicted molar refractivity (Wildman–Crippen MR) is 122 cm³/mol. The van der Waals surface area contributed by atoms with Crippen molar-refractivity contribution in [2.24, 2.45) is 17.8 Å². The van der Waals surface area contributed by atoms with Gasteiger partial charge in [0.1, 0.15) is 0 Å². The van der Waals surface area contributed by atoms with Crippen LogP contribution in [0.5, 0.6) is 0 Å². The fraction of sp³-hybridized carbons (Fsp3) is 0.480. The third kappa shape index (κ3) is 3.65. The van der Waals surface area contributed by atoms with E-state index in [0.717, 1.165) is 42.6 Å². The van der Waals surface area contributed by atoms with Crippen molar-refractivity contribution in [3.8, 4) is 0 Å². The first-order valence-corrected chi connectivity index (χ1v) is 12.7. The van der Waals surface area contributed by atoms with Crippen molar-refractivity contribution in [3.63, 3.8) is 0 Å². The van der Waals surface area contributed by atoms with Gasteiger partial charge in [0.25, 0.3) is 15.9 Å². The first-order chi connectivity index (χ1) is 14.8. The first-order valence-electron chi connectivity index (χ1n) is 11.2. The van der Waals surface area contributed by atoms with Gasteiger partial charge in [0.2, 0.25) is 0 Å². The van der Waals surface area contributed by atoms with E-state index in [0.29, 0.717) is 11.3 Å². The number of carbonyl (C=O) groups excluding carboxylic acids is 1. The number of benzene rings is 2. The van der Waals surface area contributed by atoms with Crippen LogP contribution < -0.4 is 9.62 Å². The molecule has 6 heteroatoms. The highest BCUT2D eigenvalue weighted by Gasteiger charge is 2.51. The zero-order valence-corrected chi connectivity index (χ0v) is 19.0. The van der Waals surface area contributed by atoms with Crippen molar-refractivity contribution >= 4 is 21.6 Å². The Morgan fingerprint density at radius 1 is 0.968 bits per heavy atom. The van der Waals surface area contributed by atoms with Crippen LogP contribution in [0.3, 0.4) is 0 Å². The number of nitrogens with one attached hydrogen (secondary N) is 1. The molecule has 164 valence electrons. The molecular formula is C25H30N2O3S.